The quantitative estimate of drug-likeness (QED) is 0.261. The van der Waals surface area contributed by atoms with E-state index >= 15 is 0 Å². The molecule has 0 saturated carbocycles. The molecule has 1 aromatic carbocycles. The summed E-state index contributed by atoms with van der Waals surface area (Å²) in [5, 5.41) is 17.7. The Morgan fingerprint density at radius 2 is 1.84 bits per heavy atom. The van der Waals surface area contributed by atoms with Crippen molar-refractivity contribution in [1.29, 1.82) is 5.26 Å². The summed E-state index contributed by atoms with van der Waals surface area (Å²) in [6, 6.07) is 11.5. The number of furan rings is 1. The Labute approximate surface area is 254 Å². The number of methoxy groups -OCH3 is 2. The number of ether oxygens (including phenoxy) is 2. The zero-order chi connectivity index (χ0) is 31.6. The molecule has 14 heteroatoms. The van der Waals surface area contributed by atoms with Crippen LogP contribution in [-0.2, 0) is 14.8 Å². The van der Waals surface area contributed by atoms with Crippen LogP contribution in [0.25, 0.3) is 17.3 Å². The van der Waals surface area contributed by atoms with Crippen LogP contribution in [0.15, 0.2) is 41.0 Å². The van der Waals surface area contributed by atoms with Crippen molar-refractivity contribution in [2.45, 2.75) is 69.6 Å². The summed E-state index contributed by atoms with van der Waals surface area (Å²) < 4.78 is 49.1. The molecular formula is C29H40N6O6SSi. The summed E-state index contributed by atoms with van der Waals surface area (Å²) in [5.74, 6) is 1.25. The van der Waals surface area contributed by atoms with Gasteiger partial charge in [0.2, 0.25) is 27.7 Å². The molecule has 2 atom stereocenters. The maximum absolute atomic E-state index is 14.6. The van der Waals surface area contributed by atoms with E-state index in [0.717, 1.165) is 0 Å². The van der Waals surface area contributed by atoms with Crippen molar-refractivity contribution >= 4 is 30.0 Å². The third kappa shape index (κ3) is 6.42. The van der Waals surface area contributed by atoms with Gasteiger partial charge in [0.15, 0.2) is 5.76 Å². The van der Waals surface area contributed by atoms with Gasteiger partial charge in [0, 0.05) is 27.6 Å². The fourth-order valence-electron chi connectivity index (χ4n) is 5.16. The average molecular weight is 629 g/mol. The summed E-state index contributed by atoms with van der Waals surface area (Å²) in [4.78, 5) is 14.4. The number of carbonyl (C=O) groups excluding carboxylic acids is 1. The fraction of sp³-hybridized carbons (Fsp3) is 0.517. The van der Waals surface area contributed by atoms with Crippen LogP contribution in [0.1, 0.15) is 33.1 Å². The first kappa shape index (κ1) is 32.1. The van der Waals surface area contributed by atoms with E-state index in [4.69, 9.17) is 13.9 Å². The Morgan fingerprint density at radius 1 is 1.16 bits per heavy atom. The van der Waals surface area contributed by atoms with Crippen LogP contribution in [0.4, 0.5) is 5.95 Å². The molecular weight excluding hydrogens is 589 g/mol. The van der Waals surface area contributed by atoms with Crippen LogP contribution >= 0.6 is 0 Å². The number of sulfonamides is 1. The van der Waals surface area contributed by atoms with Crippen molar-refractivity contribution in [3.05, 3.63) is 36.6 Å². The van der Waals surface area contributed by atoms with Gasteiger partial charge < -0.3 is 18.8 Å². The molecule has 0 bridgehead atoms. The third-order valence-corrected chi connectivity index (χ3v) is 11.6. The molecule has 0 radical (unpaired) electrons. The van der Waals surface area contributed by atoms with Gasteiger partial charge in [-0.25, -0.2) is 12.7 Å². The van der Waals surface area contributed by atoms with Crippen molar-refractivity contribution in [2.75, 3.05) is 31.6 Å². The van der Waals surface area contributed by atoms with Crippen LogP contribution < -0.4 is 13.8 Å². The molecule has 0 spiro atoms. The molecule has 0 unspecified atom stereocenters. The van der Waals surface area contributed by atoms with Crippen molar-refractivity contribution in [3.8, 4) is 34.8 Å². The number of carbonyl (C=O) groups is 1. The number of rotatable bonds is 12. The van der Waals surface area contributed by atoms with Crippen LogP contribution in [0.2, 0.25) is 25.7 Å². The first-order chi connectivity index (χ1) is 20.3. The number of piperidine rings is 1. The molecule has 12 nitrogen and oxygen atoms in total. The predicted octanol–water partition coefficient (Wildman–Crippen LogP) is 4.70. The van der Waals surface area contributed by atoms with E-state index in [1.54, 1.807) is 48.7 Å². The SMILES string of the molecule is COc1cccc(OC)c1-n1c(-c2ccco2)nnc1N(CC[Si](C)(C)C)S(=O)(=O)[C@H](C)CN1C(=O)CCC[C@]1(C)C#N. The number of para-hydroxylation sites is 1. The number of amides is 1. The topological polar surface area (TPSA) is 144 Å². The average Bonchev–Trinajstić information content (AvgIpc) is 3.64. The van der Waals surface area contributed by atoms with E-state index in [1.165, 1.54) is 29.7 Å². The number of likely N-dealkylation sites (tertiary alicyclic amines) is 1. The number of anilines is 1. The molecule has 1 saturated heterocycles. The second kappa shape index (κ2) is 12.4. The van der Waals surface area contributed by atoms with Gasteiger partial charge in [-0.1, -0.05) is 25.7 Å². The van der Waals surface area contributed by atoms with E-state index in [2.05, 4.69) is 35.9 Å². The fourth-order valence-corrected chi connectivity index (χ4v) is 7.68. The van der Waals surface area contributed by atoms with E-state index in [9.17, 15) is 18.5 Å². The lowest BCUT2D eigenvalue weighted by Gasteiger charge is -2.41. The molecule has 2 aromatic heterocycles. The van der Waals surface area contributed by atoms with Gasteiger partial charge >= 0.3 is 0 Å². The number of aromatic nitrogens is 3. The summed E-state index contributed by atoms with van der Waals surface area (Å²) >= 11 is 0. The van der Waals surface area contributed by atoms with Crippen molar-refractivity contribution in [1.82, 2.24) is 19.7 Å². The van der Waals surface area contributed by atoms with Crippen LogP contribution in [0.3, 0.4) is 0 Å². The first-order valence-electron chi connectivity index (χ1n) is 14.2. The Bertz CT molecular complexity index is 1570. The van der Waals surface area contributed by atoms with Crippen molar-refractivity contribution < 1.29 is 27.1 Å². The molecule has 232 valence electrons. The minimum absolute atomic E-state index is 0.0346. The number of hydrogen-bond acceptors (Lipinski definition) is 9. The first-order valence-corrected chi connectivity index (χ1v) is 19.4. The van der Waals surface area contributed by atoms with Gasteiger partial charge in [-0.2, -0.15) is 5.26 Å². The maximum Gasteiger partial charge on any atom is 0.246 e. The highest BCUT2D eigenvalue weighted by molar-refractivity contribution is 7.93. The maximum atomic E-state index is 14.6. The number of nitrogens with zero attached hydrogens (tertiary/aromatic N) is 6. The van der Waals surface area contributed by atoms with Gasteiger partial charge in [0.25, 0.3) is 0 Å². The summed E-state index contributed by atoms with van der Waals surface area (Å²) in [6.07, 6.45) is 2.84. The van der Waals surface area contributed by atoms with E-state index in [0.29, 0.717) is 41.8 Å². The summed E-state index contributed by atoms with van der Waals surface area (Å²) in [7, 11) is -2.91. The zero-order valence-corrected chi connectivity index (χ0v) is 27.6. The lowest BCUT2D eigenvalue weighted by Crippen LogP contribution is -2.56. The standard InChI is InChI=1S/C29H40N6O6SSi/c1-21(19-33-25(36)14-9-15-29(33,2)20-30)42(37,38)34(16-18-43(5,6)7)28-32-31-27(24-13-10-17-41-24)35(28)26-22(39-3)11-8-12-23(26)40-4/h8,10-13,17,21H,9,14-16,18-19H2,1-7H3/t21-,29-/m1/s1. The lowest BCUT2D eigenvalue weighted by molar-refractivity contribution is -0.138. The molecule has 1 aliphatic heterocycles. The smallest absolute Gasteiger partial charge is 0.246 e. The molecule has 1 amide bonds. The Balaban J connectivity index is 1.91. The number of benzene rings is 1. The van der Waals surface area contributed by atoms with Gasteiger partial charge in [-0.3, -0.25) is 9.36 Å². The van der Waals surface area contributed by atoms with E-state index < -0.39 is 28.9 Å². The van der Waals surface area contributed by atoms with Gasteiger partial charge in [-0.15, -0.1) is 10.2 Å². The second-order valence-corrected chi connectivity index (χ2v) is 20.0. The monoisotopic (exact) mass is 628 g/mol. The van der Waals surface area contributed by atoms with Crippen molar-refractivity contribution in [2.24, 2.45) is 0 Å². The van der Waals surface area contributed by atoms with Crippen LogP contribution in [-0.4, -0.2) is 80.2 Å². The Kier molecular flexibility index (Phi) is 9.26. The largest absolute Gasteiger partial charge is 0.494 e. The molecule has 0 aliphatic carbocycles. The predicted molar refractivity (Wildman–Crippen MR) is 166 cm³/mol. The van der Waals surface area contributed by atoms with Crippen molar-refractivity contribution in [3.63, 3.8) is 0 Å². The highest BCUT2D eigenvalue weighted by atomic mass is 32.2. The van der Waals surface area contributed by atoms with Gasteiger partial charge in [-0.05, 0) is 57.0 Å². The van der Waals surface area contributed by atoms with E-state index in [1.807, 2.05) is 0 Å². The van der Waals surface area contributed by atoms with Gasteiger partial charge in [0.05, 0.1) is 31.8 Å². The molecule has 1 fully saturated rings. The number of hydrogen-bond donors (Lipinski definition) is 0. The number of nitriles is 1. The Hall–Kier alpha value is -3.83. The second-order valence-electron chi connectivity index (χ2n) is 12.1. The zero-order valence-electron chi connectivity index (χ0n) is 25.8. The summed E-state index contributed by atoms with van der Waals surface area (Å²) in [5.41, 5.74) is -0.678. The van der Waals surface area contributed by atoms with Gasteiger partial charge in [0.1, 0.15) is 22.7 Å². The molecule has 4 rings (SSSR count). The molecule has 3 heterocycles. The van der Waals surface area contributed by atoms with Crippen LogP contribution in [0, 0.1) is 11.3 Å². The molecule has 0 N–H and O–H groups in total. The molecule has 1 aliphatic rings. The third-order valence-electron chi connectivity index (χ3n) is 7.75. The van der Waals surface area contributed by atoms with E-state index in [-0.39, 0.29) is 37.2 Å². The van der Waals surface area contributed by atoms with Crippen LogP contribution in [0.5, 0.6) is 11.5 Å². The normalized spacial score (nSPS) is 18.3. The minimum atomic E-state index is -4.17. The molecule has 3 aromatic rings. The minimum Gasteiger partial charge on any atom is -0.494 e. The Morgan fingerprint density at radius 3 is 2.40 bits per heavy atom. The molecule has 43 heavy (non-hydrogen) atoms. The summed E-state index contributed by atoms with van der Waals surface area (Å²) in [6.45, 7) is 9.74. The highest BCUT2D eigenvalue weighted by Gasteiger charge is 2.43. The highest BCUT2D eigenvalue weighted by Crippen LogP contribution is 2.40. The lowest BCUT2D eigenvalue weighted by atomic mass is 9.89.